The molecule has 0 saturated heterocycles. The number of hydrogen-bond donors (Lipinski definition) is 0. The lowest BCUT2D eigenvalue weighted by molar-refractivity contribution is 0.781. The van der Waals surface area contributed by atoms with Gasteiger partial charge in [0.05, 0.1) is 17.2 Å². The van der Waals surface area contributed by atoms with Gasteiger partial charge >= 0.3 is 5.69 Å². The van der Waals surface area contributed by atoms with Gasteiger partial charge in [-0.1, -0.05) is 42.5 Å². The van der Waals surface area contributed by atoms with Gasteiger partial charge in [-0.25, -0.2) is 4.79 Å². The summed E-state index contributed by atoms with van der Waals surface area (Å²) in [5.74, 6) is 0. The van der Waals surface area contributed by atoms with Crippen LogP contribution in [-0.4, -0.2) is 15.5 Å². The summed E-state index contributed by atoms with van der Waals surface area (Å²) in [4.78, 5) is 12.1. The fourth-order valence-corrected chi connectivity index (χ4v) is 2.05. The topological polar surface area (TPSA) is 39.3 Å². The Morgan fingerprint density at radius 1 is 0.947 bits per heavy atom. The van der Waals surface area contributed by atoms with E-state index in [4.69, 9.17) is 0 Å². The number of aryl methyl sites for hydroxylation is 1. The first-order valence-electron chi connectivity index (χ1n) is 6.03. The van der Waals surface area contributed by atoms with Crippen molar-refractivity contribution in [1.29, 1.82) is 0 Å². The Kier molecular flexibility index (Phi) is 2.76. The molecule has 3 aromatic rings. The molecule has 3 rings (SSSR count). The van der Waals surface area contributed by atoms with Crippen LogP contribution in [0.5, 0.6) is 0 Å². The predicted molar refractivity (Wildman–Crippen MR) is 76.6 cm³/mol. The number of aromatic nitrogens is 2. The maximum atomic E-state index is 12.1. The van der Waals surface area contributed by atoms with Gasteiger partial charge in [0.15, 0.2) is 0 Å². The number of hydrogen-bond acceptors (Lipinski definition) is 2. The molecular weight excluding hydrogens is 238 g/mol. The molecule has 0 radical (unpaired) electrons. The van der Waals surface area contributed by atoms with E-state index in [9.17, 15) is 4.79 Å². The van der Waals surface area contributed by atoms with Crippen LogP contribution in [0.25, 0.3) is 11.0 Å². The van der Waals surface area contributed by atoms with Crippen LogP contribution >= 0.6 is 0 Å². The summed E-state index contributed by atoms with van der Waals surface area (Å²) in [5, 5.41) is 4.28. The molecule has 0 atom stereocenters. The standard InChI is InChI=1S/C15H13N3O/c1-17-13-9-5-6-10-14(13)18(15(17)19)16-11-12-7-3-2-4-8-12/h2-11H,1H3/b16-11-. The monoisotopic (exact) mass is 251 g/mol. The lowest BCUT2D eigenvalue weighted by atomic mass is 10.2. The summed E-state index contributed by atoms with van der Waals surface area (Å²) in [6, 6.07) is 17.3. The van der Waals surface area contributed by atoms with Gasteiger partial charge in [-0.3, -0.25) is 4.57 Å². The molecule has 0 aliphatic carbocycles. The van der Waals surface area contributed by atoms with Crippen LogP contribution < -0.4 is 5.69 Å². The Morgan fingerprint density at radius 3 is 2.32 bits per heavy atom. The van der Waals surface area contributed by atoms with Crippen molar-refractivity contribution in [3.8, 4) is 0 Å². The van der Waals surface area contributed by atoms with Gasteiger partial charge in [0.2, 0.25) is 0 Å². The third-order valence-electron chi connectivity index (χ3n) is 3.06. The molecule has 0 bridgehead atoms. The quantitative estimate of drug-likeness (QED) is 0.644. The maximum absolute atomic E-state index is 12.1. The minimum absolute atomic E-state index is 0.145. The average Bonchev–Trinajstić information content (AvgIpc) is 2.71. The molecule has 0 fully saturated rings. The highest BCUT2D eigenvalue weighted by atomic mass is 16.2. The largest absolute Gasteiger partial charge is 0.349 e. The first-order chi connectivity index (χ1) is 9.27. The van der Waals surface area contributed by atoms with Gasteiger partial charge in [0, 0.05) is 7.05 Å². The van der Waals surface area contributed by atoms with Crippen molar-refractivity contribution in [2.45, 2.75) is 0 Å². The summed E-state index contributed by atoms with van der Waals surface area (Å²) in [7, 11) is 1.75. The molecule has 19 heavy (non-hydrogen) atoms. The molecule has 0 aliphatic heterocycles. The summed E-state index contributed by atoms with van der Waals surface area (Å²) in [5.41, 5.74) is 2.50. The zero-order chi connectivity index (χ0) is 13.2. The predicted octanol–water partition coefficient (Wildman–Crippen LogP) is 2.22. The molecule has 94 valence electrons. The molecule has 0 amide bonds. The van der Waals surface area contributed by atoms with Crippen LogP contribution in [0.2, 0.25) is 0 Å². The van der Waals surface area contributed by atoms with Crippen molar-refractivity contribution in [2.24, 2.45) is 12.1 Å². The third-order valence-corrected chi connectivity index (χ3v) is 3.06. The first kappa shape index (κ1) is 11.5. The van der Waals surface area contributed by atoms with Crippen molar-refractivity contribution >= 4 is 17.2 Å². The number of nitrogens with zero attached hydrogens (tertiary/aromatic N) is 3. The summed E-state index contributed by atoms with van der Waals surface area (Å²) >= 11 is 0. The van der Waals surface area contributed by atoms with Crippen molar-refractivity contribution < 1.29 is 0 Å². The lowest BCUT2D eigenvalue weighted by Gasteiger charge is -1.94. The maximum Gasteiger partial charge on any atom is 0.349 e. The average molecular weight is 251 g/mol. The second-order valence-electron chi connectivity index (χ2n) is 4.30. The van der Waals surface area contributed by atoms with E-state index < -0.39 is 0 Å². The SMILES string of the molecule is Cn1c(=O)n(/N=C\c2ccccc2)c2ccccc21. The van der Waals surface area contributed by atoms with E-state index in [0.717, 1.165) is 16.6 Å². The molecule has 2 aromatic carbocycles. The number of para-hydroxylation sites is 2. The van der Waals surface area contributed by atoms with E-state index in [1.165, 1.54) is 4.68 Å². The fourth-order valence-electron chi connectivity index (χ4n) is 2.05. The molecule has 0 aliphatic rings. The zero-order valence-corrected chi connectivity index (χ0v) is 10.5. The van der Waals surface area contributed by atoms with Gasteiger partial charge in [-0.05, 0) is 17.7 Å². The molecule has 0 saturated carbocycles. The number of rotatable bonds is 2. The molecule has 4 nitrogen and oxygen atoms in total. The van der Waals surface area contributed by atoms with Crippen LogP contribution in [-0.2, 0) is 7.05 Å². The summed E-state index contributed by atoms with van der Waals surface area (Å²) < 4.78 is 3.01. The molecule has 0 spiro atoms. The normalized spacial score (nSPS) is 11.4. The van der Waals surface area contributed by atoms with Gasteiger partial charge in [0.25, 0.3) is 0 Å². The van der Waals surface area contributed by atoms with Gasteiger partial charge in [0.1, 0.15) is 0 Å². The van der Waals surface area contributed by atoms with Crippen LogP contribution in [0, 0.1) is 0 Å². The second-order valence-corrected chi connectivity index (χ2v) is 4.30. The van der Waals surface area contributed by atoms with Gasteiger partial charge < -0.3 is 0 Å². The Balaban J connectivity index is 2.14. The van der Waals surface area contributed by atoms with Crippen molar-refractivity contribution in [2.75, 3.05) is 0 Å². The summed E-state index contributed by atoms with van der Waals surface area (Å²) in [6.45, 7) is 0. The van der Waals surface area contributed by atoms with Crippen LogP contribution in [0.3, 0.4) is 0 Å². The highest BCUT2D eigenvalue weighted by Gasteiger charge is 2.07. The number of fused-ring (bicyclic) bond motifs is 1. The molecule has 4 heteroatoms. The first-order valence-corrected chi connectivity index (χ1v) is 6.03. The van der Waals surface area contributed by atoms with E-state index in [1.54, 1.807) is 17.8 Å². The van der Waals surface area contributed by atoms with Crippen molar-refractivity contribution in [3.05, 3.63) is 70.6 Å². The molecule has 1 aromatic heterocycles. The Labute approximate surface area is 110 Å². The number of benzene rings is 2. The zero-order valence-electron chi connectivity index (χ0n) is 10.5. The van der Waals surface area contributed by atoms with E-state index >= 15 is 0 Å². The molecule has 1 heterocycles. The van der Waals surface area contributed by atoms with E-state index in [0.29, 0.717) is 0 Å². The van der Waals surface area contributed by atoms with Gasteiger partial charge in [-0.15, -0.1) is 0 Å². The minimum Gasteiger partial charge on any atom is -0.293 e. The fraction of sp³-hybridized carbons (Fsp3) is 0.0667. The number of imidazole rings is 1. The van der Waals surface area contributed by atoms with E-state index in [-0.39, 0.29) is 5.69 Å². The Bertz CT molecular complexity index is 797. The Hall–Kier alpha value is -2.62. The highest BCUT2D eigenvalue weighted by molar-refractivity contribution is 5.81. The third kappa shape index (κ3) is 1.97. The van der Waals surface area contributed by atoms with Crippen LogP contribution in [0.15, 0.2) is 64.5 Å². The Morgan fingerprint density at radius 2 is 1.58 bits per heavy atom. The second kappa shape index (κ2) is 4.57. The van der Waals surface area contributed by atoms with Crippen molar-refractivity contribution in [3.63, 3.8) is 0 Å². The van der Waals surface area contributed by atoms with E-state index in [2.05, 4.69) is 5.10 Å². The molecule has 0 N–H and O–H groups in total. The smallest absolute Gasteiger partial charge is 0.293 e. The van der Waals surface area contributed by atoms with Crippen LogP contribution in [0.4, 0.5) is 0 Å². The van der Waals surface area contributed by atoms with E-state index in [1.807, 2.05) is 54.6 Å². The molecule has 0 unspecified atom stereocenters. The van der Waals surface area contributed by atoms with Gasteiger partial charge in [-0.2, -0.15) is 9.78 Å². The summed E-state index contributed by atoms with van der Waals surface area (Å²) in [6.07, 6.45) is 1.69. The van der Waals surface area contributed by atoms with Crippen molar-refractivity contribution in [1.82, 2.24) is 9.24 Å². The van der Waals surface area contributed by atoms with Crippen LogP contribution in [0.1, 0.15) is 5.56 Å². The highest BCUT2D eigenvalue weighted by Crippen LogP contribution is 2.11. The lowest BCUT2D eigenvalue weighted by Crippen LogP contribution is -2.19. The molecular formula is C15H13N3O. The minimum atomic E-state index is -0.145.